The van der Waals surface area contributed by atoms with Crippen LogP contribution < -0.4 is 9.47 Å². The number of benzene rings is 1. The molecule has 0 spiro atoms. The van der Waals surface area contributed by atoms with Crippen molar-refractivity contribution in [2.24, 2.45) is 0 Å². The van der Waals surface area contributed by atoms with Crippen LogP contribution in [-0.4, -0.2) is 25.4 Å². The molecule has 18 heavy (non-hydrogen) atoms. The second-order valence-corrected chi connectivity index (χ2v) is 4.60. The van der Waals surface area contributed by atoms with Crippen LogP contribution in [-0.2, 0) is 12.8 Å². The molecule has 1 aliphatic rings. The lowest BCUT2D eigenvalue weighted by Crippen LogP contribution is -2.11. The van der Waals surface area contributed by atoms with Gasteiger partial charge in [0.05, 0.1) is 20.3 Å². The van der Waals surface area contributed by atoms with Gasteiger partial charge in [-0.05, 0) is 37.8 Å². The van der Waals surface area contributed by atoms with E-state index in [1.807, 2.05) is 19.1 Å². The number of fused-ring (bicyclic) bond motifs is 1. The van der Waals surface area contributed by atoms with Gasteiger partial charge in [-0.1, -0.05) is 17.7 Å². The topological polar surface area (TPSA) is 38.7 Å². The predicted octanol–water partition coefficient (Wildman–Crippen LogP) is 2.50. The van der Waals surface area contributed by atoms with E-state index in [-0.39, 0.29) is 6.61 Å². The van der Waals surface area contributed by atoms with Crippen LogP contribution in [0.4, 0.5) is 0 Å². The third kappa shape index (κ3) is 2.67. The van der Waals surface area contributed by atoms with Crippen LogP contribution in [0.2, 0.25) is 0 Å². The average Bonchev–Trinajstić information content (AvgIpc) is 2.44. The molecular formula is C15H20O3. The Morgan fingerprint density at radius 3 is 3.06 bits per heavy atom. The molecule has 0 atom stereocenters. The summed E-state index contributed by atoms with van der Waals surface area (Å²) in [5.41, 5.74) is 3.31. The first-order valence-electron chi connectivity index (χ1n) is 6.34. The monoisotopic (exact) mass is 248 g/mol. The van der Waals surface area contributed by atoms with Crippen LogP contribution >= 0.6 is 0 Å². The Labute approximate surface area is 108 Å². The number of aliphatic hydroxyl groups excluding tert-OH is 1. The van der Waals surface area contributed by atoms with Crippen molar-refractivity contribution in [2.75, 3.05) is 20.3 Å². The second kappa shape index (κ2) is 5.91. The Kier molecular flexibility index (Phi) is 4.26. The first-order valence-corrected chi connectivity index (χ1v) is 6.34. The van der Waals surface area contributed by atoms with Gasteiger partial charge in [0.1, 0.15) is 11.5 Å². The van der Waals surface area contributed by atoms with Crippen molar-refractivity contribution < 1.29 is 14.6 Å². The quantitative estimate of drug-likeness (QED) is 0.832. The van der Waals surface area contributed by atoms with Gasteiger partial charge in [-0.2, -0.15) is 0 Å². The third-order valence-corrected chi connectivity index (χ3v) is 3.26. The number of rotatable bonds is 4. The highest BCUT2D eigenvalue weighted by Gasteiger charge is 2.17. The van der Waals surface area contributed by atoms with Gasteiger partial charge in [0, 0.05) is 5.56 Å². The number of aryl methyl sites for hydroxylation is 1. The summed E-state index contributed by atoms with van der Waals surface area (Å²) in [4.78, 5) is 0. The molecule has 2 rings (SSSR count). The van der Waals surface area contributed by atoms with Crippen molar-refractivity contribution in [3.63, 3.8) is 0 Å². The van der Waals surface area contributed by atoms with Crippen LogP contribution in [0.15, 0.2) is 23.8 Å². The van der Waals surface area contributed by atoms with Crippen molar-refractivity contribution in [3.05, 3.63) is 34.9 Å². The summed E-state index contributed by atoms with van der Waals surface area (Å²) in [6.45, 7) is 2.79. The van der Waals surface area contributed by atoms with E-state index < -0.39 is 0 Å². The van der Waals surface area contributed by atoms with Gasteiger partial charge < -0.3 is 14.6 Å². The largest absolute Gasteiger partial charge is 0.496 e. The molecule has 0 aromatic heterocycles. The lowest BCUT2D eigenvalue weighted by molar-refractivity contribution is 0.282. The predicted molar refractivity (Wildman–Crippen MR) is 71.4 cm³/mol. The van der Waals surface area contributed by atoms with E-state index >= 15 is 0 Å². The molecule has 3 heteroatoms. The smallest absolute Gasteiger partial charge is 0.129 e. The molecule has 0 fully saturated rings. The van der Waals surface area contributed by atoms with E-state index in [4.69, 9.17) is 14.6 Å². The number of hydrogen-bond acceptors (Lipinski definition) is 3. The first-order chi connectivity index (χ1) is 8.76. The maximum absolute atomic E-state index is 9.05. The molecule has 0 saturated carbocycles. The van der Waals surface area contributed by atoms with E-state index in [0.29, 0.717) is 0 Å². The molecule has 0 amide bonds. The summed E-state index contributed by atoms with van der Waals surface area (Å²) < 4.78 is 11.2. The fraction of sp³-hybridized carbons (Fsp3) is 0.467. The Balaban J connectivity index is 2.35. The lowest BCUT2D eigenvalue weighted by atomic mass is 9.99. The van der Waals surface area contributed by atoms with Crippen LogP contribution in [0.5, 0.6) is 11.5 Å². The van der Waals surface area contributed by atoms with Crippen LogP contribution in [0, 0.1) is 0 Å². The van der Waals surface area contributed by atoms with Crippen LogP contribution in [0.3, 0.4) is 0 Å². The fourth-order valence-electron chi connectivity index (χ4n) is 2.20. The van der Waals surface area contributed by atoms with Gasteiger partial charge in [0.25, 0.3) is 0 Å². The van der Waals surface area contributed by atoms with Crippen molar-refractivity contribution in [3.8, 4) is 11.5 Å². The molecule has 0 aliphatic carbocycles. The summed E-state index contributed by atoms with van der Waals surface area (Å²) in [6.07, 6.45) is 4.90. The molecule has 3 nitrogen and oxygen atoms in total. The number of aliphatic hydroxyl groups is 1. The maximum Gasteiger partial charge on any atom is 0.129 e. The number of allylic oxidation sites excluding steroid dienone is 1. The van der Waals surface area contributed by atoms with Gasteiger partial charge >= 0.3 is 0 Å². The molecule has 0 bridgehead atoms. The molecule has 1 aromatic carbocycles. The zero-order valence-electron chi connectivity index (χ0n) is 11.0. The van der Waals surface area contributed by atoms with Gasteiger partial charge in [-0.15, -0.1) is 0 Å². The van der Waals surface area contributed by atoms with E-state index in [9.17, 15) is 0 Å². The highest BCUT2D eigenvalue weighted by molar-refractivity contribution is 5.52. The zero-order chi connectivity index (χ0) is 13.0. The zero-order valence-corrected chi connectivity index (χ0v) is 11.0. The molecule has 1 aliphatic heterocycles. The summed E-state index contributed by atoms with van der Waals surface area (Å²) in [5, 5.41) is 9.05. The first kappa shape index (κ1) is 13.0. The molecule has 0 unspecified atom stereocenters. The normalized spacial score (nSPS) is 14.9. The van der Waals surface area contributed by atoms with E-state index in [0.717, 1.165) is 48.5 Å². The van der Waals surface area contributed by atoms with Crippen LogP contribution in [0.25, 0.3) is 0 Å². The third-order valence-electron chi connectivity index (χ3n) is 3.26. The average molecular weight is 248 g/mol. The van der Waals surface area contributed by atoms with Crippen molar-refractivity contribution in [1.82, 2.24) is 0 Å². The highest BCUT2D eigenvalue weighted by Crippen LogP contribution is 2.36. The highest BCUT2D eigenvalue weighted by atomic mass is 16.5. The minimum atomic E-state index is 0.0954. The Bertz CT molecular complexity index is 449. The number of methoxy groups -OCH3 is 1. The van der Waals surface area contributed by atoms with Crippen molar-refractivity contribution in [1.29, 1.82) is 0 Å². The standard InChI is InChI=1S/C15H20O3/c1-11(10-16)5-7-13-14(17-2)8-6-12-4-3-9-18-15(12)13/h5-6,8,16H,3-4,7,9-10H2,1-2H3/b11-5+. The summed E-state index contributed by atoms with van der Waals surface area (Å²) in [5.74, 6) is 1.83. The van der Waals surface area contributed by atoms with Gasteiger partial charge in [-0.3, -0.25) is 0 Å². The summed E-state index contributed by atoms with van der Waals surface area (Å²) >= 11 is 0. The molecule has 0 saturated heterocycles. The SMILES string of the molecule is COc1ccc2c(c1C/C=C(\C)CO)OCCC2. The minimum Gasteiger partial charge on any atom is -0.496 e. The Hall–Kier alpha value is -1.48. The number of hydrogen-bond donors (Lipinski definition) is 1. The molecule has 98 valence electrons. The van der Waals surface area contributed by atoms with Gasteiger partial charge in [0.2, 0.25) is 0 Å². The Morgan fingerprint density at radius 2 is 2.33 bits per heavy atom. The molecule has 0 radical (unpaired) electrons. The minimum absolute atomic E-state index is 0.0954. The summed E-state index contributed by atoms with van der Waals surface area (Å²) in [6, 6.07) is 4.09. The van der Waals surface area contributed by atoms with Crippen LogP contribution in [0.1, 0.15) is 24.5 Å². The van der Waals surface area contributed by atoms with E-state index in [1.54, 1.807) is 7.11 Å². The molecule has 1 heterocycles. The van der Waals surface area contributed by atoms with Crippen molar-refractivity contribution in [2.45, 2.75) is 26.2 Å². The van der Waals surface area contributed by atoms with E-state index in [2.05, 4.69) is 6.07 Å². The maximum atomic E-state index is 9.05. The number of ether oxygens (including phenoxy) is 2. The van der Waals surface area contributed by atoms with Crippen molar-refractivity contribution >= 4 is 0 Å². The lowest BCUT2D eigenvalue weighted by Gasteiger charge is -2.21. The summed E-state index contributed by atoms with van der Waals surface area (Å²) in [7, 11) is 1.68. The van der Waals surface area contributed by atoms with E-state index in [1.165, 1.54) is 5.56 Å². The molecule has 1 aromatic rings. The Morgan fingerprint density at radius 1 is 1.50 bits per heavy atom. The van der Waals surface area contributed by atoms with Gasteiger partial charge in [-0.25, -0.2) is 0 Å². The molecular weight excluding hydrogens is 228 g/mol. The second-order valence-electron chi connectivity index (χ2n) is 4.60. The molecule has 1 N–H and O–H groups in total. The van der Waals surface area contributed by atoms with Gasteiger partial charge in [0.15, 0.2) is 0 Å². The fourth-order valence-corrected chi connectivity index (χ4v) is 2.20.